The fourth-order valence-corrected chi connectivity index (χ4v) is 3.49. The van der Waals surface area contributed by atoms with E-state index in [4.69, 9.17) is 4.74 Å². The topological polar surface area (TPSA) is 105 Å². The molecule has 2 N–H and O–H groups in total. The molecular formula is C21H19N3O5. The van der Waals surface area contributed by atoms with Crippen molar-refractivity contribution in [2.75, 3.05) is 11.9 Å². The van der Waals surface area contributed by atoms with Crippen LogP contribution in [0.4, 0.5) is 5.69 Å². The van der Waals surface area contributed by atoms with Gasteiger partial charge in [0, 0.05) is 18.7 Å². The van der Waals surface area contributed by atoms with Gasteiger partial charge in [0.05, 0.1) is 11.1 Å². The van der Waals surface area contributed by atoms with Crippen molar-refractivity contribution in [1.82, 2.24) is 10.2 Å². The van der Waals surface area contributed by atoms with E-state index in [1.807, 2.05) is 19.1 Å². The van der Waals surface area contributed by atoms with Crippen LogP contribution in [-0.4, -0.2) is 41.1 Å². The summed E-state index contributed by atoms with van der Waals surface area (Å²) in [5.41, 5.74) is 1.37. The Morgan fingerprint density at radius 2 is 1.69 bits per heavy atom. The summed E-state index contributed by atoms with van der Waals surface area (Å²) >= 11 is 0. The van der Waals surface area contributed by atoms with Gasteiger partial charge in [0.1, 0.15) is 17.5 Å². The van der Waals surface area contributed by atoms with Crippen molar-refractivity contribution in [2.45, 2.75) is 25.8 Å². The number of imide groups is 2. The summed E-state index contributed by atoms with van der Waals surface area (Å²) in [6.07, 6.45) is 0.207. The number of nitrogens with one attached hydrogen (secondary N) is 2. The van der Waals surface area contributed by atoms with Crippen LogP contribution in [0.25, 0.3) is 0 Å². The SMILES string of the molecule is CCNc1ccc(Oc2ccc3c(c2)C(=O)N(C2CCC(=O)NC2=O)C3=O)cc1. The largest absolute Gasteiger partial charge is 0.457 e. The lowest BCUT2D eigenvalue weighted by Gasteiger charge is -2.27. The van der Waals surface area contributed by atoms with Crippen LogP contribution in [0.1, 0.15) is 40.5 Å². The fourth-order valence-electron chi connectivity index (χ4n) is 3.49. The molecule has 1 fully saturated rings. The molecule has 0 radical (unpaired) electrons. The maximum Gasteiger partial charge on any atom is 0.262 e. The Labute approximate surface area is 166 Å². The number of carbonyl (C=O) groups excluding carboxylic acids is 4. The molecule has 0 spiro atoms. The number of hydrogen-bond acceptors (Lipinski definition) is 6. The van der Waals surface area contributed by atoms with Gasteiger partial charge >= 0.3 is 0 Å². The standard InChI is InChI=1S/C21H19N3O5/c1-2-22-12-3-5-13(6-4-12)29-14-7-8-15-16(11-14)21(28)24(20(15)27)17-9-10-18(25)23-19(17)26/h3-8,11,17,22H,2,9-10H2,1H3,(H,23,25,26). The van der Waals surface area contributed by atoms with Crippen molar-refractivity contribution in [3.8, 4) is 11.5 Å². The highest BCUT2D eigenvalue weighted by molar-refractivity contribution is 6.23. The summed E-state index contributed by atoms with van der Waals surface area (Å²) in [5.74, 6) is -1.14. The molecule has 8 heteroatoms. The third kappa shape index (κ3) is 3.44. The Morgan fingerprint density at radius 3 is 2.38 bits per heavy atom. The van der Waals surface area contributed by atoms with E-state index >= 15 is 0 Å². The van der Waals surface area contributed by atoms with Crippen LogP contribution in [0.2, 0.25) is 0 Å². The van der Waals surface area contributed by atoms with E-state index in [2.05, 4.69) is 10.6 Å². The Hall–Kier alpha value is -3.68. The lowest BCUT2D eigenvalue weighted by molar-refractivity contribution is -0.136. The second-order valence-electron chi connectivity index (χ2n) is 6.81. The Balaban J connectivity index is 1.55. The first-order valence-corrected chi connectivity index (χ1v) is 9.35. The predicted octanol–water partition coefficient (Wildman–Crippen LogP) is 2.31. The molecule has 2 aliphatic rings. The minimum atomic E-state index is -0.983. The normalized spacial score (nSPS) is 18.5. The molecule has 2 aliphatic heterocycles. The summed E-state index contributed by atoms with van der Waals surface area (Å²) in [4.78, 5) is 49.9. The molecule has 29 heavy (non-hydrogen) atoms. The molecule has 2 heterocycles. The van der Waals surface area contributed by atoms with Crippen LogP contribution in [0.15, 0.2) is 42.5 Å². The number of ether oxygens (including phenoxy) is 1. The molecule has 0 aromatic heterocycles. The molecule has 0 aliphatic carbocycles. The van der Waals surface area contributed by atoms with E-state index in [0.717, 1.165) is 17.1 Å². The van der Waals surface area contributed by atoms with E-state index in [9.17, 15) is 19.2 Å². The molecule has 4 rings (SSSR count). The van der Waals surface area contributed by atoms with E-state index in [-0.39, 0.29) is 24.0 Å². The monoisotopic (exact) mass is 393 g/mol. The molecule has 1 saturated heterocycles. The lowest BCUT2D eigenvalue weighted by Crippen LogP contribution is -2.54. The summed E-state index contributed by atoms with van der Waals surface area (Å²) < 4.78 is 5.80. The number of piperidine rings is 1. The molecule has 148 valence electrons. The number of fused-ring (bicyclic) bond motifs is 1. The third-order valence-electron chi connectivity index (χ3n) is 4.88. The van der Waals surface area contributed by atoms with Gasteiger partial charge in [-0.3, -0.25) is 29.4 Å². The maximum absolute atomic E-state index is 12.8. The highest BCUT2D eigenvalue weighted by atomic mass is 16.5. The lowest BCUT2D eigenvalue weighted by atomic mass is 10.0. The van der Waals surface area contributed by atoms with E-state index in [0.29, 0.717) is 11.5 Å². The molecule has 1 atom stereocenters. The second kappa shape index (κ2) is 7.38. The molecule has 2 aromatic carbocycles. The van der Waals surface area contributed by atoms with Crippen molar-refractivity contribution >= 4 is 29.3 Å². The molecule has 1 unspecified atom stereocenters. The molecular weight excluding hydrogens is 374 g/mol. The van der Waals surface area contributed by atoms with Crippen molar-refractivity contribution in [3.05, 3.63) is 53.6 Å². The molecule has 2 aromatic rings. The van der Waals surface area contributed by atoms with Crippen LogP contribution in [-0.2, 0) is 9.59 Å². The fraction of sp³-hybridized carbons (Fsp3) is 0.238. The highest BCUT2D eigenvalue weighted by Crippen LogP contribution is 2.32. The zero-order valence-corrected chi connectivity index (χ0v) is 15.7. The zero-order valence-electron chi connectivity index (χ0n) is 15.7. The maximum atomic E-state index is 12.8. The van der Waals surface area contributed by atoms with Crippen molar-refractivity contribution in [1.29, 1.82) is 0 Å². The van der Waals surface area contributed by atoms with E-state index in [1.165, 1.54) is 12.1 Å². The molecule has 0 bridgehead atoms. The third-order valence-corrected chi connectivity index (χ3v) is 4.88. The highest BCUT2D eigenvalue weighted by Gasteiger charge is 2.44. The predicted molar refractivity (Wildman–Crippen MR) is 104 cm³/mol. The van der Waals surface area contributed by atoms with Gasteiger partial charge in [-0.15, -0.1) is 0 Å². The van der Waals surface area contributed by atoms with Crippen molar-refractivity contribution in [2.24, 2.45) is 0 Å². The number of rotatable bonds is 5. The first kappa shape index (κ1) is 18.7. The Bertz CT molecular complexity index is 1020. The van der Waals surface area contributed by atoms with Crippen molar-refractivity contribution < 1.29 is 23.9 Å². The molecule has 8 nitrogen and oxygen atoms in total. The van der Waals surface area contributed by atoms with Gasteiger partial charge in [0.15, 0.2) is 0 Å². The summed E-state index contributed by atoms with van der Waals surface area (Å²) in [6.45, 7) is 2.82. The summed E-state index contributed by atoms with van der Waals surface area (Å²) in [7, 11) is 0. The van der Waals surface area contributed by atoms with Crippen molar-refractivity contribution in [3.63, 3.8) is 0 Å². The number of nitrogens with zero attached hydrogens (tertiary/aromatic N) is 1. The number of hydrogen-bond donors (Lipinski definition) is 2. The Morgan fingerprint density at radius 1 is 1.00 bits per heavy atom. The van der Waals surface area contributed by atoms with Gasteiger partial charge in [0.2, 0.25) is 11.8 Å². The van der Waals surface area contributed by atoms with Gasteiger partial charge in [-0.2, -0.15) is 0 Å². The quantitative estimate of drug-likeness (QED) is 0.756. The van der Waals surface area contributed by atoms with Crippen LogP contribution in [0.3, 0.4) is 0 Å². The summed E-state index contributed by atoms with van der Waals surface area (Å²) in [5, 5.41) is 5.37. The van der Waals surface area contributed by atoms with E-state index < -0.39 is 29.7 Å². The van der Waals surface area contributed by atoms with Crippen LogP contribution >= 0.6 is 0 Å². The Kier molecular flexibility index (Phi) is 4.75. The van der Waals surface area contributed by atoms with Crippen LogP contribution < -0.4 is 15.4 Å². The molecule has 4 amide bonds. The number of benzene rings is 2. The minimum absolute atomic E-state index is 0.0844. The number of amides is 4. The number of anilines is 1. The number of carbonyl (C=O) groups is 4. The van der Waals surface area contributed by atoms with Gasteiger partial charge in [-0.1, -0.05) is 0 Å². The molecule has 0 saturated carbocycles. The summed E-state index contributed by atoms with van der Waals surface area (Å²) in [6, 6.07) is 11.0. The minimum Gasteiger partial charge on any atom is -0.457 e. The van der Waals surface area contributed by atoms with Gasteiger partial charge < -0.3 is 10.1 Å². The van der Waals surface area contributed by atoms with Gasteiger partial charge in [-0.05, 0) is 55.8 Å². The van der Waals surface area contributed by atoms with Gasteiger partial charge in [0.25, 0.3) is 11.8 Å². The first-order valence-electron chi connectivity index (χ1n) is 9.35. The average molecular weight is 393 g/mol. The van der Waals surface area contributed by atoms with Gasteiger partial charge in [-0.25, -0.2) is 0 Å². The zero-order chi connectivity index (χ0) is 20.5. The first-order chi connectivity index (χ1) is 14.0. The van der Waals surface area contributed by atoms with Crippen LogP contribution in [0.5, 0.6) is 11.5 Å². The average Bonchev–Trinajstić information content (AvgIpc) is 2.94. The second-order valence-corrected chi connectivity index (χ2v) is 6.81. The smallest absolute Gasteiger partial charge is 0.262 e. The van der Waals surface area contributed by atoms with Crippen LogP contribution in [0, 0.1) is 0 Å². The van der Waals surface area contributed by atoms with E-state index in [1.54, 1.807) is 18.2 Å².